The quantitative estimate of drug-likeness (QED) is 0.922. The zero-order valence-electron chi connectivity index (χ0n) is 12.9. The van der Waals surface area contributed by atoms with Crippen LogP contribution < -0.4 is 10.1 Å². The summed E-state index contributed by atoms with van der Waals surface area (Å²) in [6, 6.07) is 5.43. The van der Waals surface area contributed by atoms with Crippen molar-refractivity contribution in [3.8, 4) is 5.75 Å². The SMILES string of the molecule is CCC(C)C1CNCCN1CC1Cc2cc(F)ccc2O1. The Morgan fingerprint density at radius 3 is 3.14 bits per heavy atom. The standard InChI is InChI=1S/C17H25FN2O/c1-3-12(2)16-10-19-6-7-20(16)11-15-9-13-8-14(18)4-5-17(13)21-15/h4-5,8,12,15-16,19H,3,6-7,9-11H2,1-2H3. The molecule has 4 heteroatoms. The maximum absolute atomic E-state index is 13.3. The second-order valence-electron chi connectivity index (χ2n) is 6.35. The van der Waals surface area contributed by atoms with Crippen LogP contribution in [0.15, 0.2) is 18.2 Å². The summed E-state index contributed by atoms with van der Waals surface area (Å²) in [6.45, 7) is 8.68. The van der Waals surface area contributed by atoms with Crippen LogP contribution in [-0.2, 0) is 6.42 Å². The molecule has 2 aliphatic rings. The van der Waals surface area contributed by atoms with E-state index in [0.717, 1.165) is 43.9 Å². The van der Waals surface area contributed by atoms with Gasteiger partial charge in [0.1, 0.15) is 17.7 Å². The number of hydrogen-bond acceptors (Lipinski definition) is 3. The molecule has 3 atom stereocenters. The number of fused-ring (bicyclic) bond motifs is 1. The van der Waals surface area contributed by atoms with Crippen molar-refractivity contribution in [2.45, 2.75) is 38.8 Å². The first-order valence-electron chi connectivity index (χ1n) is 8.07. The second-order valence-corrected chi connectivity index (χ2v) is 6.35. The summed E-state index contributed by atoms with van der Waals surface area (Å²) < 4.78 is 19.3. The monoisotopic (exact) mass is 292 g/mol. The molecule has 2 aliphatic heterocycles. The van der Waals surface area contributed by atoms with Gasteiger partial charge >= 0.3 is 0 Å². The van der Waals surface area contributed by atoms with Crippen LogP contribution in [0.25, 0.3) is 0 Å². The van der Waals surface area contributed by atoms with E-state index in [9.17, 15) is 4.39 Å². The number of hydrogen-bond donors (Lipinski definition) is 1. The fourth-order valence-electron chi connectivity index (χ4n) is 3.48. The summed E-state index contributed by atoms with van der Waals surface area (Å²) in [5.74, 6) is 1.37. The summed E-state index contributed by atoms with van der Waals surface area (Å²) in [4.78, 5) is 2.55. The zero-order chi connectivity index (χ0) is 14.8. The van der Waals surface area contributed by atoms with Gasteiger partial charge in [-0.2, -0.15) is 0 Å². The second kappa shape index (κ2) is 6.32. The lowest BCUT2D eigenvalue weighted by molar-refractivity contribution is 0.0718. The van der Waals surface area contributed by atoms with Crippen LogP contribution in [-0.4, -0.2) is 43.2 Å². The van der Waals surface area contributed by atoms with Crippen LogP contribution in [0.5, 0.6) is 5.75 Å². The van der Waals surface area contributed by atoms with Crippen molar-refractivity contribution in [3.05, 3.63) is 29.6 Å². The van der Waals surface area contributed by atoms with Gasteiger partial charge in [0.05, 0.1) is 0 Å². The number of halogens is 1. The van der Waals surface area contributed by atoms with Crippen LogP contribution in [0.4, 0.5) is 4.39 Å². The largest absolute Gasteiger partial charge is 0.488 e. The lowest BCUT2D eigenvalue weighted by atomic mass is 9.95. The molecule has 0 radical (unpaired) electrons. The van der Waals surface area contributed by atoms with Crippen molar-refractivity contribution in [1.82, 2.24) is 10.2 Å². The van der Waals surface area contributed by atoms with E-state index >= 15 is 0 Å². The molecule has 1 fully saturated rings. The molecule has 0 bridgehead atoms. The average molecular weight is 292 g/mol. The van der Waals surface area contributed by atoms with Crippen LogP contribution in [0.3, 0.4) is 0 Å². The van der Waals surface area contributed by atoms with Crippen molar-refractivity contribution in [1.29, 1.82) is 0 Å². The van der Waals surface area contributed by atoms with Crippen molar-refractivity contribution in [3.63, 3.8) is 0 Å². The van der Waals surface area contributed by atoms with Gasteiger partial charge in [-0.05, 0) is 24.1 Å². The smallest absolute Gasteiger partial charge is 0.123 e. The molecule has 0 aliphatic carbocycles. The molecule has 1 aromatic carbocycles. The Morgan fingerprint density at radius 1 is 1.48 bits per heavy atom. The zero-order valence-corrected chi connectivity index (χ0v) is 12.9. The van der Waals surface area contributed by atoms with Gasteiger partial charge in [0.2, 0.25) is 0 Å². The summed E-state index contributed by atoms with van der Waals surface area (Å²) >= 11 is 0. The molecule has 0 saturated carbocycles. The van der Waals surface area contributed by atoms with Crippen molar-refractivity contribution in [2.24, 2.45) is 5.92 Å². The van der Waals surface area contributed by atoms with E-state index in [1.165, 1.54) is 12.5 Å². The maximum atomic E-state index is 13.3. The Balaban J connectivity index is 1.64. The minimum Gasteiger partial charge on any atom is -0.488 e. The third kappa shape index (κ3) is 3.22. The van der Waals surface area contributed by atoms with Crippen molar-refractivity contribution >= 4 is 0 Å². The van der Waals surface area contributed by atoms with Gasteiger partial charge in [0, 0.05) is 44.2 Å². The first-order chi connectivity index (χ1) is 10.2. The van der Waals surface area contributed by atoms with Crippen LogP contribution >= 0.6 is 0 Å². The average Bonchev–Trinajstić information content (AvgIpc) is 2.88. The van der Waals surface area contributed by atoms with E-state index in [1.807, 2.05) is 0 Å². The number of nitrogens with zero attached hydrogens (tertiary/aromatic N) is 1. The van der Waals surface area contributed by atoms with Crippen molar-refractivity contribution < 1.29 is 9.13 Å². The predicted octanol–water partition coefficient (Wildman–Crippen LogP) is 2.45. The van der Waals surface area contributed by atoms with Gasteiger partial charge in [-0.1, -0.05) is 20.3 Å². The Labute approximate surface area is 126 Å². The first-order valence-corrected chi connectivity index (χ1v) is 8.07. The molecule has 21 heavy (non-hydrogen) atoms. The molecule has 0 spiro atoms. The maximum Gasteiger partial charge on any atom is 0.123 e. The molecule has 3 rings (SSSR count). The topological polar surface area (TPSA) is 24.5 Å². The molecule has 116 valence electrons. The van der Waals surface area contributed by atoms with Gasteiger partial charge in [0.15, 0.2) is 0 Å². The van der Waals surface area contributed by atoms with Gasteiger partial charge in [-0.3, -0.25) is 4.90 Å². The van der Waals surface area contributed by atoms with Gasteiger partial charge in [-0.15, -0.1) is 0 Å². The third-order valence-corrected chi connectivity index (χ3v) is 4.90. The van der Waals surface area contributed by atoms with E-state index in [0.29, 0.717) is 12.0 Å². The minimum atomic E-state index is -0.169. The summed E-state index contributed by atoms with van der Waals surface area (Å²) in [5.41, 5.74) is 1.01. The molecule has 1 aromatic rings. The molecule has 3 nitrogen and oxygen atoms in total. The summed E-state index contributed by atoms with van der Waals surface area (Å²) in [5, 5.41) is 3.50. The normalized spacial score (nSPS) is 27.2. The molecular formula is C17H25FN2O. The number of benzene rings is 1. The van der Waals surface area contributed by atoms with E-state index in [1.54, 1.807) is 12.1 Å². The first kappa shape index (κ1) is 14.8. The van der Waals surface area contributed by atoms with E-state index in [4.69, 9.17) is 4.74 Å². The van der Waals surface area contributed by atoms with E-state index in [-0.39, 0.29) is 11.9 Å². The highest BCUT2D eigenvalue weighted by atomic mass is 19.1. The molecule has 0 aromatic heterocycles. The Morgan fingerprint density at radius 2 is 2.33 bits per heavy atom. The Kier molecular flexibility index (Phi) is 4.45. The minimum absolute atomic E-state index is 0.159. The molecule has 3 unspecified atom stereocenters. The van der Waals surface area contributed by atoms with Crippen LogP contribution in [0.1, 0.15) is 25.8 Å². The molecule has 1 saturated heterocycles. The number of piperazine rings is 1. The lowest BCUT2D eigenvalue weighted by Gasteiger charge is -2.40. The predicted molar refractivity (Wildman–Crippen MR) is 82.2 cm³/mol. The fraction of sp³-hybridized carbons (Fsp3) is 0.647. The van der Waals surface area contributed by atoms with Crippen molar-refractivity contribution in [2.75, 3.05) is 26.2 Å². The Bertz CT molecular complexity index is 494. The Hall–Kier alpha value is -1.13. The fourth-order valence-corrected chi connectivity index (χ4v) is 3.48. The van der Waals surface area contributed by atoms with Crippen LogP contribution in [0, 0.1) is 11.7 Å². The third-order valence-electron chi connectivity index (χ3n) is 4.90. The van der Waals surface area contributed by atoms with Crippen LogP contribution in [0.2, 0.25) is 0 Å². The number of rotatable bonds is 4. The molecule has 1 N–H and O–H groups in total. The summed E-state index contributed by atoms with van der Waals surface area (Å²) in [6.07, 6.45) is 2.18. The van der Waals surface area contributed by atoms with E-state index in [2.05, 4.69) is 24.1 Å². The molecule has 0 amide bonds. The lowest BCUT2D eigenvalue weighted by Crippen LogP contribution is -2.56. The number of nitrogens with one attached hydrogen (secondary N) is 1. The van der Waals surface area contributed by atoms with Gasteiger partial charge in [-0.25, -0.2) is 4.39 Å². The number of ether oxygens (including phenoxy) is 1. The highest BCUT2D eigenvalue weighted by molar-refractivity contribution is 5.37. The highest BCUT2D eigenvalue weighted by Crippen LogP contribution is 2.30. The summed E-state index contributed by atoms with van der Waals surface area (Å²) in [7, 11) is 0. The van der Waals surface area contributed by atoms with Gasteiger partial charge in [0.25, 0.3) is 0 Å². The molecular weight excluding hydrogens is 267 g/mol. The highest BCUT2D eigenvalue weighted by Gasteiger charge is 2.31. The molecule has 2 heterocycles. The van der Waals surface area contributed by atoms with E-state index < -0.39 is 0 Å². The van der Waals surface area contributed by atoms with Gasteiger partial charge < -0.3 is 10.1 Å².